The largest absolute Gasteiger partial charge is 0.330 e. The number of hydrogen-bond donors (Lipinski definition) is 3. The minimum atomic E-state index is -0.267. The Balaban J connectivity index is 1.39. The van der Waals surface area contributed by atoms with Crippen molar-refractivity contribution in [1.29, 1.82) is 0 Å². The van der Waals surface area contributed by atoms with E-state index in [1.54, 1.807) is 34.8 Å². The molecule has 3 aromatic rings. The maximum atomic E-state index is 12.8. The number of anilines is 2. The smallest absolute Gasteiger partial charge is 0.324 e. The number of amides is 3. The summed E-state index contributed by atoms with van der Waals surface area (Å²) in [4.78, 5) is 41.6. The van der Waals surface area contributed by atoms with Crippen molar-refractivity contribution in [3.63, 3.8) is 0 Å². The summed E-state index contributed by atoms with van der Waals surface area (Å²) in [6.07, 6.45) is 2.75. The lowest BCUT2D eigenvalue weighted by atomic mass is 9.96. The summed E-state index contributed by atoms with van der Waals surface area (Å²) < 4.78 is 1.51. The molecule has 0 unspecified atom stereocenters. The van der Waals surface area contributed by atoms with Crippen molar-refractivity contribution in [3.8, 4) is 5.69 Å². The number of rotatable bonds is 4. The molecule has 3 heterocycles. The van der Waals surface area contributed by atoms with E-state index in [0.29, 0.717) is 42.4 Å². The number of H-pyrrole nitrogens is 1. The zero-order valence-electron chi connectivity index (χ0n) is 16.3. The monoisotopic (exact) mass is 427 g/mol. The van der Waals surface area contributed by atoms with Crippen LogP contribution in [0.2, 0.25) is 0 Å². The molecule has 11 heteroatoms. The number of nitrogens with zero attached hydrogens (tertiary/aromatic N) is 4. The second-order valence-electron chi connectivity index (χ2n) is 7.01. The van der Waals surface area contributed by atoms with Gasteiger partial charge in [0.05, 0.1) is 11.4 Å². The van der Waals surface area contributed by atoms with Crippen LogP contribution >= 0.6 is 11.3 Å². The topological polar surface area (TPSA) is 125 Å². The predicted molar refractivity (Wildman–Crippen MR) is 113 cm³/mol. The lowest BCUT2D eigenvalue weighted by molar-refractivity contribution is -0.121. The number of carbonyl (C=O) groups is 2. The summed E-state index contributed by atoms with van der Waals surface area (Å²) in [5.74, 6) is -0.272. The molecule has 4 rings (SSSR count). The van der Waals surface area contributed by atoms with Gasteiger partial charge in [0.2, 0.25) is 11.0 Å². The number of aromatic nitrogens is 4. The quantitative estimate of drug-likeness (QED) is 0.589. The lowest BCUT2D eigenvalue weighted by Crippen LogP contribution is -2.43. The van der Waals surface area contributed by atoms with Gasteiger partial charge in [0, 0.05) is 30.9 Å². The summed E-state index contributed by atoms with van der Waals surface area (Å²) >= 11 is 1.27. The van der Waals surface area contributed by atoms with E-state index in [4.69, 9.17) is 0 Å². The third kappa shape index (κ3) is 4.10. The van der Waals surface area contributed by atoms with Crippen molar-refractivity contribution < 1.29 is 9.59 Å². The van der Waals surface area contributed by atoms with Gasteiger partial charge in [0.15, 0.2) is 0 Å². The molecule has 1 saturated heterocycles. The number of para-hydroxylation sites is 2. The number of imidazole rings is 1. The minimum Gasteiger partial charge on any atom is -0.324 e. The Hall–Kier alpha value is -3.47. The zero-order chi connectivity index (χ0) is 21.1. The minimum absolute atomic E-state index is 0.0977. The molecule has 30 heavy (non-hydrogen) atoms. The van der Waals surface area contributed by atoms with Gasteiger partial charge in [0.1, 0.15) is 5.51 Å². The molecule has 1 aliphatic heterocycles. The molecule has 1 fully saturated rings. The van der Waals surface area contributed by atoms with Crippen molar-refractivity contribution in [2.75, 3.05) is 23.7 Å². The van der Waals surface area contributed by atoms with E-state index in [0.717, 1.165) is 5.69 Å². The number of nitrogens with one attached hydrogen (secondary N) is 3. The van der Waals surface area contributed by atoms with Crippen LogP contribution in [0.1, 0.15) is 18.5 Å². The third-order valence-corrected chi connectivity index (χ3v) is 5.70. The van der Waals surface area contributed by atoms with E-state index in [1.807, 2.05) is 13.0 Å². The van der Waals surface area contributed by atoms with Gasteiger partial charge in [-0.3, -0.25) is 9.36 Å². The number of urea groups is 1. The maximum Gasteiger partial charge on any atom is 0.330 e. The summed E-state index contributed by atoms with van der Waals surface area (Å²) in [6, 6.07) is 6.89. The van der Waals surface area contributed by atoms with Crippen LogP contribution in [0.4, 0.5) is 15.6 Å². The Bertz CT molecular complexity index is 1100. The average Bonchev–Trinajstić information content (AvgIpc) is 3.38. The third-order valence-electron chi connectivity index (χ3n) is 5.09. The Labute approximate surface area is 175 Å². The van der Waals surface area contributed by atoms with Crippen LogP contribution in [0, 0.1) is 12.8 Å². The van der Waals surface area contributed by atoms with Crippen molar-refractivity contribution in [1.82, 2.24) is 24.6 Å². The van der Waals surface area contributed by atoms with Gasteiger partial charge in [-0.25, -0.2) is 9.59 Å². The molecule has 1 aromatic carbocycles. The molecule has 3 amide bonds. The molecule has 1 aliphatic rings. The number of piperidine rings is 1. The first-order valence-electron chi connectivity index (χ1n) is 9.52. The number of hydrogen-bond acceptors (Lipinski definition) is 6. The van der Waals surface area contributed by atoms with Gasteiger partial charge in [-0.05, 0) is 31.9 Å². The van der Waals surface area contributed by atoms with Crippen LogP contribution in [0.15, 0.2) is 40.8 Å². The Morgan fingerprint density at radius 3 is 2.63 bits per heavy atom. The number of carbonyl (C=O) groups excluding carboxylic acids is 2. The molecule has 156 valence electrons. The highest BCUT2D eigenvalue weighted by Gasteiger charge is 2.28. The van der Waals surface area contributed by atoms with Crippen molar-refractivity contribution in [2.45, 2.75) is 19.8 Å². The highest BCUT2D eigenvalue weighted by Crippen LogP contribution is 2.23. The standard InChI is InChI=1S/C19H21N7O3S/c1-12-10-20-18(28)26(12)15-5-3-2-4-14(15)22-19(29)25-8-6-13(7-9-25)16(27)23-17-24-21-11-30-17/h2-5,10-11,13H,6-9H2,1H3,(H,20,28)(H,22,29)(H,23,24,27). The number of aromatic amines is 1. The SMILES string of the molecule is Cc1c[nH]c(=O)n1-c1ccccc1NC(=O)N1CCC(C(=O)Nc2nncs2)CC1. The lowest BCUT2D eigenvalue weighted by Gasteiger charge is -2.31. The highest BCUT2D eigenvalue weighted by molar-refractivity contribution is 7.13. The van der Waals surface area contributed by atoms with Crippen LogP contribution in [0.5, 0.6) is 0 Å². The molecule has 2 aromatic heterocycles. The molecule has 0 bridgehead atoms. The second-order valence-corrected chi connectivity index (χ2v) is 7.85. The fourth-order valence-corrected chi connectivity index (χ4v) is 3.95. The number of benzene rings is 1. The maximum absolute atomic E-state index is 12.8. The summed E-state index contributed by atoms with van der Waals surface area (Å²) in [5, 5.41) is 13.7. The first-order chi connectivity index (χ1) is 14.5. The van der Waals surface area contributed by atoms with Crippen LogP contribution in [-0.2, 0) is 4.79 Å². The summed E-state index contributed by atoms with van der Waals surface area (Å²) in [6.45, 7) is 2.74. The molecule has 10 nitrogen and oxygen atoms in total. The number of likely N-dealkylation sites (tertiary alicyclic amines) is 1. The van der Waals surface area contributed by atoms with Crippen LogP contribution in [0.25, 0.3) is 5.69 Å². The van der Waals surface area contributed by atoms with E-state index in [9.17, 15) is 14.4 Å². The first kappa shape index (κ1) is 19.8. The molecule has 0 atom stereocenters. The fraction of sp³-hybridized carbons (Fsp3) is 0.316. The van der Waals surface area contributed by atoms with Crippen LogP contribution in [0.3, 0.4) is 0 Å². The van der Waals surface area contributed by atoms with Crippen LogP contribution in [-0.4, -0.2) is 49.7 Å². The van der Waals surface area contributed by atoms with Gasteiger partial charge in [0.25, 0.3) is 0 Å². The second kappa shape index (κ2) is 8.49. The van der Waals surface area contributed by atoms with E-state index in [2.05, 4.69) is 25.8 Å². The molecule has 3 N–H and O–H groups in total. The van der Waals surface area contributed by atoms with Gasteiger partial charge >= 0.3 is 11.7 Å². The molecule has 0 spiro atoms. The highest BCUT2D eigenvalue weighted by atomic mass is 32.1. The average molecular weight is 427 g/mol. The Kier molecular flexibility index (Phi) is 5.61. The van der Waals surface area contributed by atoms with Gasteiger partial charge < -0.3 is 20.5 Å². The van der Waals surface area contributed by atoms with Gasteiger partial charge in [-0.1, -0.05) is 23.5 Å². The van der Waals surface area contributed by atoms with Crippen molar-refractivity contribution in [3.05, 3.63) is 52.2 Å². The predicted octanol–water partition coefficient (Wildman–Crippen LogP) is 2.21. The van der Waals surface area contributed by atoms with Gasteiger partial charge in [-0.15, -0.1) is 10.2 Å². The van der Waals surface area contributed by atoms with E-state index in [-0.39, 0.29) is 23.5 Å². The van der Waals surface area contributed by atoms with Gasteiger partial charge in [-0.2, -0.15) is 0 Å². The summed E-state index contributed by atoms with van der Waals surface area (Å²) in [5.41, 5.74) is 3.17. The van der Waals surface area contributed by atoms with E-state index >= 15 is 0 Å². The van der Waals surface area contributed by atoms with Crippen LogP contribution < -0.4 is 16.3 Å². The molecule has 0 radical (unpaired) electrons. The first-order valence-corrected chi connectivity index (χ1v) is 10.4. The fourth-order valence-electron chi connectivity index (χ4n) is 3.50. The molecule has 0 saturated carbocycles. The molecular formula is C19H21N7O3S. The van der Waals surface area contributed by atoms with Crippen molar-refractivity contribution >= 4 is 34.1 Å². The Morgan fingerprint density at radius 1 is 1.20 bits per heavy atom. The molecule has 0 aliphatic carbocycles. The molecular weight excluding hydrogens is 406 g/mol. The number of aryl methyl sites for hydroxylation is 1. The van der Waals surface area contributed by atoms with Crippen molar-refractivity contribution in [2.24, 2.45) is 5.92 Å². The Morgan fingerprint density at radius 2 is 1.97 bits per heavy atom. The summed E-state index contributed by atoms with van der Waals surface area (Å²) in [7, 11) is 0. The normalized spacial score (nSPS) is 14.5. The zero-order valence-corrected chi connectivity index (χ0v) is 17.1. The van der Waals surface area contributed by atoms with E-state index < -0.39 is 0 Å². The van der Waals surface area contributed by atoms with E-state index in [1.165, 1.54) is 15.9 Å².